The maximum Gasteiger partial charge on any atom is 0.227 e. The second kappa shape index (κ2) is 9.31. The molecule has 1 aliphatic heterocycles. The zero-order valence-electron chi connectivity index (χ0n) is 16.0. The highest BCUT2D eigenvalue weighted by Crippen LogP contribution is 2.26. The lowest BCUT2D eigenvalue weighted by Gasteiger charge is -2.32. The minimum Gasteiger partial charge on any atom is -0.497 e. The summed E-state index contributed by atoms with van der Waals surface area (Å²) in [5.41, 5.74) is 0.887. The molecular weight excluding hydrogens is 342 g/mol. The van der Waals surface area contributed by atoms with Gasteiger partial charge in [0.2, 0.25) is 5.91 Å². The quantitative estimate of drug-likeness (QED) is 0.749. The van der Waals surface area contributed by atoms with Gasteiger partial charge in [-0.1, -0.05) is 24.3 Å². The van der Waals surface area contributed by atoms with Gasteiger partial charge in [-0.3, -0.25) is 4.79 Å². The summed E-state index contributed by atoms with van der Waals surface area (Å²) in [5.74, 6) is 2.95. The number of carbonyl (C=O) groups excluding carboxylic acids is 1. The third kappa shape index (κ3) is 5.16. The van der Waals surface area contributed by atoms with Crippen LogP contribution in [0, 0.1) is 5.92 Å². The second-order valence-electron chi connectivity index (χ2n) is 6.80. The molecule has 5 nitrogen and oxygen atoms in total. The van der Waals surface area contributed by atoms with Crippen molar-refractivity contribution in [1.29, 1.82) is 0 Å². The Hall–Kier alpha value is -2.69. The number of piperidine rings is 1. The first-order valence-electron chi connectivity index (χ1n) is 9.36. The summed E-state index contributed by atoms with van der Waals surface area (Å²) >= 11 is 0. The Morgan fingerprint density at radius 1 is 1.00 bits per heavy atom. The molecule has 1 heterocycles. The molecule has 0 aromatic heterocycles. The van der Waals surface area contributed by atoms with Gasteiger partial charge >= 0.3 is 0 Å². The predicted molar refractivity (Wildman–Crippen MR) is 104 cm³/mol. The van der Waals surface area contributed by atoms with Gasteiger partial charge in [-0.2, -0.15) is 0 Å². The third-order valence-electron chi connectivity index (χ3n) is 5.03. The molecule has 3 rings (SSSR count). The Morgan fingerprint density at radius 3 is 2.41 bits per heavy atom. The highest BCUT2D eigenvalue weighted by molar-refractivity contribution is 5.79. The molecule has 0 spiro atoms. The van der Waals surface area contributed by atoms with Gasteiger partial charge in [0.05, 0.1) is 27.2 Å². The van der Waals surface area contributed by atoms with Crippen LogP contribution in [0.3, 0.4) is 0 Å². The molecule has 5 heteroatoms. The SMILES string of the molecule is COc1ccc(CC(=O)N2CCC(COc3ccccc3)CC2)c(OC)c1. The zero-order chi connectivity index (χ0) is 19.1. The fraction of sp³-hybridized carbons (Fsp3) is 0.409. The number of nitrogens with zero attached hydrogens (tertiary/aromatic N) is 1. The van der Waals surface area contributed by atoms with Gasteiger partial charge in [0.1, 0.15) is 17.2 Å². The summed E-state index contributed by atoms with van der Waals surface area (Å²) in [6.45, 7) is 2.26. The monoisotopic (exact) mass is 369 g/mol. The summed E-state index contributed by atoms with van der Waals surface area (Å²) in [6, 6.07) is 15.5. The smallest absolute Gasteiger partial charge is 0.227 e. The lowest BCUT2D eigenvalue weighted by atomic mass is 9.97. The number of para-hydroxylation sites is 1. The molecule has 0 atom stereocenters. The normalized spacial score (nSPS) is 14.7. The summed E-state index contributed by atoms with van der Waals surface area (Å²) in [4.78, 5) is 14.6. The molecule has 0 unspecified atom stereocenters. The minimum absolute atomic E-state index is 0.140. The maximum absolute atomic E-state index is 12.7. The van der Waals surface area contributed by atoms with E-state index >= 15 is 0 Å². The van der Waals surface area contributed by atoms with Crippen LogP contribution in [0.1, 0.15) is 18.4 Å². The first-order valence-corrected chi connectivity index (χ1v) is 9.36. The number of methoxy groups -OCH3 is 2. The van der Waals surface area contributed by atoms with Crippen molar-refractivity contribution >= 4 is 5.91 Å². The average molecular weight is 369 g/mol. The molecule has 1 fully saturated rings. The number of amides is 1. The van der Waals surface area contributed by atoms with Crippen LogP contribution in [0.25, 0.3) is 0 Å². The van der Waals surface area contributed by atoms with Crippen LogP contribution in [-0.2, 0) is 11.2 Å². The van der Waals surface area contributed by atoms with Crippen molar-refractivity contribution in [3.63, 3.8) is 0 Å². The van der Waals surface area contributed by atoms with E-state index in [1.165, 1.54) is 0 Å². The van der Waals surface area contributed by atoms with Crippen LogP contribution in [-0.4, -0.2) is 44.7 Å². The molecule has 1 aliphatic rings. The Labute approximate surface area is 160 Å². The van der Waals surface area contributed by atoms with Crippen molar-refractivity contribution in [1.82, 2.24) is 4.90 Å². The standard InChI is InChI=1S/C22H27NO4/c1-25-20-9-8-18(21(15-20)26-2)14-22(24)23-12-10-17(11-13-23)16-27-19-6-4-3-5-7-19/h3-9,15,17H,10-14,16H2,1-2H3. The number of carbonyl (C=O) groups is 1. The molecule has 0 N–H and O–H groups in total. The molecule has 144 valence electrons. The Kier molecular flexibility index (Phi) is 6.58. The van der Waals surface area contributed by atoms with E-state index in [9.17, 15) is 4.79 Å². The van der Waals surface area contributed by atoms with Crippen molar-refractivity contribution in [2.75, 3.05) is 33.9 Å². The Bertz CT molecular complexity index is 739. The lowest BCUT2D eigenvalue weighted by molar-refractivity contribution is -0.132. The number of hydrogen-bond donors (Lipinski definition) is 0. The molecule has 0 aliphatic carbocycles. The van der Waals surface area contributed by atoms with Crippen molar-refractivity contribution in [3.8, 4) is 17.2 Å². The van der Waals surface area contributed by atoms with Crippen LogP contribution in [0.2, 0.25) is 0 Å². The number of likely N-dealkylation sites (tertiary alicyclic amines) is 1. The average Bonchev–Trinajstić information content (AvgIpc) is 2.73. The number of ether oxygens (including phenoxy) is 3. The largest absolute Gasteiger partial charge is 0.497 e. The van der Waals surface area contributed by atoms with Crippen molar-refractivity contribution < 1.29 is 19.0 Å². The van der Waals surface area contributed by atoms with E-state index in [1.807, 2.05) is 53.4 Å². The van der Waals surface area contributed by atoms with E-state index in [4.69, 9.17) is 14.2 Å². The van der Waals surface area contributed by atoms with Crippen molar-refractivity contribution in [3.05, 3.63) is 54.1 Å². The van der Waals surface area contributed by atoms with Crippen LogP contribution in [0.4, 0.5) is 0 Å². The summed E-state index contributed by atoms with van der Waals surface area (Å²) in [5, 5.41) is 0. The highest BCUT2D eigenvalue weighted by Gasteiger charge is 2.24. The van der Waals surface area contributed by atoms with E-state index in [2.05, 4.69) is 0 Å². The zero-order valence-corrected chi connectivity index (χ0v) is 16.0. The highest BCUT2D eigenvalue weighted by atomic mass is 16.5. The van der Waals surface area contributed by atoms with Crippen LogP contribution >= 0.6 is 0 Å². The second-order valence-corrected chi connectivity index (χ2v) is 6.80. The molecule has 2 aromatic carbocycles. The summed E-state index contributed by atoms with van der Waals surface area (Å²) < 4.78 is 16.5. The van der Waals surface area contributed by atoms with Gasteiger partial charge in [0.15, 0.2) is 0 Å². The first kappa shape index (κ1) is 19.1. The Balaban J connectivity index is 1.48. The fourth-order valence-electron chi connectivity index (χ4n) is 3.35. The van der Waals surface area contributed by atoms with Crippen molar-refractivity contribution in [2.45, 2.75) is 19.3 Å². The van der Waals surface area contributed by atoms with Gasteiger partial charge in [-0.05, 0) is 37.0 Å². The molecule has 1 saturated heterocycles. The molecule has 1 amide bonds. The molecule has 0 bridgehead atoms. The van der Waals surface area contributed by atoms with E-state index in [0.29, 0.717) is 24.7 Å². The van der Waals surface area contributed by atoms with E-state index in [0.717, 1.165) is 43.0 Å². The third-order valence-corrected chi connectivity index (χ3v) is 5.03. The molecule has 2 aromatic rings. The van der Waals surface area contributed by atoms with Crippen LogP contribution < -0.4 is 14.2 Å². The van der Waals surface area contributed by atoms with Gasteiger partial charge in [-0.15, -0.1) is 0 Å². The minimum atomic E-state index is 0.140. The molecule has 0 radical (unpaired) electrons. The Morgan fingerprint density at radius 2 is 1.74 bits per heavy atom. The van der Waals surface area contributed by atoms with Gasteiger partial charge < -0.3 is 19.1 Å². The summed E-state index contributed by atoms with van der Waals surface area (Å²) in [6.07, 6.45) is 2.29. The van der Waals surface area contributed by atoms with Gasteiger partial charge in [0, 0.05) is 24.7 Å². The number of hydrogen-bond acceptors (Lipinski definition) is 4. The maximum atomic E-state index is 12.7. The van der Waals surface area contributed by atoms with E-state index < -0.39 is 0 Å². The van der Waals surface area contributed by atoms with Gasteiger partial charge in [0.25, 0.3) is 0 Å². The topological polar surface area (TPSA) is 48.0 Å². The lowest BCUT2D eigenvalue weighted by Crippen LogP contribution is -2.40. The molecular formula is C22H27NO4. The fourth-order valence-corrected chi connectivity index (χ4v) is 3.35. The summed E-state index contributed by atoms with van der Waals surface area (Å²) in [7, 11) is 3.23. The molecule has 0 saturated carbocycles. The predicted octanol–water partition coefficient (Wildman–Crippen LogP) is 3.56. The van der Waals surface area contributed by atoms with Crippen molar-refractivity contribution in [2.24, 2.45) is 5.92 Å². The number of rotatable bonds is 7. The van der Waals surface area contributed by atoms with E-state index in [1.54, 1.807) is 14.2 Å². The van der Waals surface area contributed by atoms with E-state index in [-0.39, 0.29) is 5.91 Å². The molecule has 27 heavy (non-hydrogen) atoms. The number of benzene rings is 2. The van der Waals surface area contributed by atoms with Gasteiger partial charge in [-0.25, -0.2) is 0 Å². The van der Waals surface area contributed by atoms with Crippen LogP contribution in [0.5, 0.6) is 17.2 Å². The first-order chi connectivity index (χ1) is 13.2. The van der Waals surface area contributed by atoms with Crippen LogP contribution in [0.15, 0.2) is 48.5 Å².